The van der Waals surface area contributed by atoms with Crippen LogP contribution in [0.3, 0.4) is 0 Å². The molecule has 0 amide bonds. The van der Waals surface area contributed by atoms with Gasteiger partial charge in [0, 0.05) is 12.5 Å². The Morgan fingerprint density at radius 2 is 1.73 bits per heavy atom. The number of hydrogen-bond acceptors (Lipinski definition) is 1. The van der Waals surface area contributed by atoms with Gasteiger partial charge < -0.3 is 4.74 Å². The van der Waals surface area contributed by atoms with Gasteiger partial charge in [0.2, 0.25) is 0 Å². The van der Waals surface area contributed by atoms with Gasteiger partial charge in [0.15, 0.2) is 0 Å². The lowest BCUT2D eigenvalue weighted by atomic mass is 10.1. The Morgan fingerprint density at radius 1 is 1.13 bits per heavy atom. The zero-order valence-electron chi connectivity index (χ0n) is 7.53. The highest BCUT2D eigenvalue weighted by Crippen LogP contribution is 2.31. The van der Waals surface area contributed by atoms with Crippen molar-refractivity contribution in [3.05, 3.63) is 29.8 Å². The van der Waals surface area contributed by atoms with Gasteiger partial charge in [-0.3, -0.25) is 0 Å². The van der Waals surface area contributed by atoms with Crippen LogP contribution in [0.2, 0.25) is 0 Å². The van der Waals surface area contributed by atoms with Crippen molar-refractivity contribution in [2.75, 3.05) is 0 Å². The molecule has 1 rings (SSSR count). The smallest absolute Gasteiger partial charge is 0.406 e. The van der Waals surface area contributed by atoms with E-state index in [0.29, 0.717) is 13.0 Å². The number of rotatable bonds is 2. The highest BCUT2D eigenvalue weighted by molar-refractivity contribution is 5.30. The van der Waals surface area contributed by atoms with E-state index in [-0.39, 0.29) is 0 Å². The number of ether oxygens (including phenoxy) is 1. The highest BCUT2D eigenvalue weighted by atomic mass is 19.4. The summed E-state index contributed by atoms with van der Waals surface area (Å²) in [7, 11) is 0. The van der Waals surface area contributed by atoms with E-state index in [1.807, 2.05) is 0 Å². The van der Waals surface area contributed by atoms with Crippen LogP contribution < -0.4 is 4.74 Å². The summed E-state index contributed by atoms with van der Waals surface area (Å²) < 4.78 is 64.1. The van der Waals surface area contributed by atoms with E-state index in [1.54, 1.807) is 0 Å². The molecule has 0 fully saturated rings. The predicted octanol–water partition coefficient (Wildman–Crippen LogP) is 3.50. The Labute approximate surface area is 82.5 Å². The number of benzene rings is 1. The molecule has 1 radical (unpaired) electrons. The summed E-state index contributed by atoms with van der Waals surface area (Å²) in [6.45, 7) is 0.577. The molecule has 0 aliphatic carbocycles. The molecule has 0 aliphatic rings. The quantitative estimate of drug-likeness (QED) is 0.700. The van der Waals surface area contributed by atoms with Crippen LogP contribution in [0.4, 0.5) is 22.0 Å². The van der Waals surface area contributed by atoms with Crippen LogP contribution >= 0.6 is 0 Å². The van der Waals surface area contributed by atoms with Crippen molar-refractivity contribution >= 4 is 0 Å². The van der Waals surface area contributed by atoms with Crippen molar-refractivity contribution in [2.24, 2.45) is 0 Å². The average Bonchev–Trinajstić information content (AvgIpc) is 1.99. The molecular weight excluding hydrogens is 219 g/mol. The summed E-state index contributed by atoms with van der Waals surface area (Å²) in [6, 6.07) is 4.52. The Kier molecular flexibility index (Phi) is 2.88. The predicted molar refractivity (Wildman–Crippen MR) is 41.5 cm³/mol. The molecule has 1 aromatic carbocycles. The lowest BCUT2D eigenvalue weighted by Crippen LogP contribution is -2.17. The Morgan fingerprint density at radius 3 is 2.20 bits per heavy atom. The summed E-state index contributed by atoms with van der Waals surface area (Å²) in [5.41, 5.74) is -0.579. The maximum Gasteiger partial charge on any atom is 0.573 e. The molecule has 15 heavy (non-hydrogen) atoms. The normalized spacial score (nSPS) is 12.7. The average molecular weight is 225 g/mol. The van der Waals surface area contributed by atoms with Crippen LogP contribution in [0.15, 0.2) is 18.2 Å². The van der Waals surface area contributed by atoms with E-state index >= 15 is 0 Å². The van der Waals surface area contributed by atoms with Gasteiger partial charge in [0.05, 0.1) is 0 Å². The summed E-state index contributed by atoms with van der Waals surface area (Å²) in [5, 5.41) is 0. The molecule has 0 heterocycles. The van der Waals surface area contributed by atoms with E-state index in [2.05, 4.69) is 10.8 Å². The van der Waals surface area contributed by atoms with E-state index in [1.165, 1.54) is 0 Å². The minimum absolute atomic E-state index is 0.577. The zero-order chi connectivity index (χ0) is 11.7. The first-order chi connectivity index (χ1) is 6.68. The van der Waals surface area contributed by atoms with Gasteiger partial charge in [-0.2, -0.15) is 0 Å². The molecule has 83 valence electrons. The number of halogens is 5. The third-order valence-corrected chi connectivity index (χ3v) is 1.50. The van der Waals surface area contributed by atoms with Gasteiger partial charge >= 0.3 is 6.36 Å². The molecule has 0 spiro atoms. The molecule has 0 saturated carbocycles. The maximum atomic E-state index is 12.7. The maximum absolute atomic E-state index is 12.7. The van der Waals surface area contributed by atoms with Crippen LogP contribution in [-0.2, 0) is 5.92 Å². The molecule has 0 N–H and O–H groups in total. The molecule has 0 aromatic heterocycles. The van der Waals surface area contributed by atoms with E-state index in [9.17, 15) is 22.0 Å². The zero-order valence-corrected chi connectivity index (χ0v) is 7.53. The molecule has 0 bridgehead atoms. The largest absolute Gasteiger partial charge is 0.573 e. The minimum atomic E-state index is -4.89. The second kappa shape index (κ2) is 3.67. The van der Waals surface area contributed by atoms with Crippen LogP contribution in [-0.4, -0.2) is 6.36 Å². The molecule has 0 aliphatic heterocycles. The summed E-state index contributed by atoms with van der Waals surface area (Å²) in [6.07, 6.45) is -4.89. The fraction of sp³-hybridized carbons (Fsp3) is 0.333. The number of hydrogen-bond donors (Lipinski definition) is 0. The molecule has 1 aromatic rings. The van der Waals surface area contributed by atoms with Gasteiger partial charge in [-0.15, -0.1) is 13.2 Å². The first-order valence-corrected chi connectivity index (χ1v) is 3.84. The van der Waals surface area contributed by atoms with Crippen LogP contribution in [0, 0.1) is 6.07 Å². The topological polar surface area (TPSA) is 9.23 Å². The molecule has 0 atom stereocenters. The molecule has 1 nitrogen and oxygen atoms in total. The molecule has 0 saturated heterocycles. The Balaban J connectivity index is 2.94. The second-order valence-corrected chi connectivity index (χ2v) is 2.89. The van der Waals surface area contributed by atoms with E-state index in [4.69, 9.17) is 0 Å². The summed E-state index contributed by atoms with van der Waals surface area (Å²) in [5.74, 6) is -3.93. The number of alkyl halides is 5. The van der Waals surface area contributed by atoms with Crippen molar-refractivity contribution in [2.45, 2.75) is 19.2 Å². The third kappa shape index (κ3) is 3.73. The molecular formula is C9H6F5O. The lowest BCUT2D eigenvalue weighted by Gasteiger charge is -2.13. The fourth-order valence-corrected chi connectivity index (χ4v) is 0.896. The van der Waals surface area contributed by atoms with Gasteiger partial charge in [0.25, 0.3) is 5.92 Å². The first-order valence-electron chi connectivity index (χ1n) is 3.84. The van der Waals surface area contributed by atoms with Gasteiger partial charge in [0.1, 0.15) is 5.75 Å². The molecule has 6 heteroatoms. The van der Waals surface area contributed by atoms with Crippen molar-refractivity contribution in [1.82, 2.24) is 0 Å². The van der Waals surface area contributed by atoms with E-state index < -0.39 is 23.6 Å². The second-order valence-electron chi connectivity index (χ2n) is 2.89. The van der Waals surface area contributed by atoms with Crippen LogP contribution in [0.5, 0.6) is 5.75 Å². The highest BCUT2D eigenvalue weighted by Gasteiger charge is 2.32. The van der Waals surface area contributed by atoms with Crippen molar-refractivity contribution < 1.29 is 26.7 Å². The van der Waals surface area contributed by atoms with E-state index in [0.717, 1.165) is 12.1 Å². The van der Waals surface area contributed by atoms with Crippen molar-refractivity contribution in [3.63, 3.8) is 0 Å². The van der Waals surface area contributed by atoms with Gasteiger partial charge in [-0.1, -0.05) is 0 Å². The van der Waals surface area contributed by atoms with Gasteiger partial charge in [-0.05, 0) is 24.3 Å². The van der Waals surface area contributed by atoms with Crippen molar-refractivity contribution in [1.29, 1.82) is 0 Å². The monoisotopic (exact) mass is 225 g/mol. The van der Waals surface area contributed by atoms with Crippen molar-refractivity contribution in [3.8, 4) is 5.75 Å². The van der Waals surface area contributed by atoms with Crippen LogP contribution in [0.1, 0.15) is 12.5 Å². The standard InChI is InChI=1S/C9H6F5O/c1-8(10,11)6-3-2-4-7(5-6)15-9(12,13)14/h3-5H,1H3. The SMILES string of the molecule is CC(F)(F)c1c[c]cc(OC(F)(F)F)c1. The third-order valence-electron chi connectivity index (χ3n) is 1.50. The fourth-order valence-electron chi connectivity index (χ4n) is 0.896. The van der Waals surface area contributed by atoms with Gasteiger partial charge in [-0.25, -0.2) is 8.78 Å². The molecule has 0 unspecified atom stereocenters. The minimum Gasteiger partial charge on any atom is -0.406 e. The van der Waals surface area contributed by atoms with Crippen LogP contribution in [0.25, 0.3) is 0 Å². The first kappa shape index (κ1) is 11.7. The summed E-state index contributed by atoms with van der Waals surface area (Å²) >= 11 is 0. The lowest BCUT2D eigenvalue weighted by molar-refractivity contribution is -0.274. The summed E-state index contributed by atoms with van der Waals surface area (Å²) in [4.78, 5) is 0. The Bertz CT molecular complexity index is 339. The Hall–Kier alpha value is -1.33.